The summed E-state index contributed by atoms with van der Waals surface area (Å²) in [6.07, 6.45) is 6.80. The maximum Gasteiger partial charge on any atom is 0.140 e. The van der Waals surface area contributed by atoms with E-state index in [4.69, 9.17) is 5.73 Å². The molecular formula is C12H23N5. The largest absolute Gasteiger partial charge is 0.330 e. The van der Waals surface area contributed by atoms with Crippen molar-refractivity contribution in [3.63, 3.8) is 0 Å². The van der Waals surface area contributed by atoms with E-state index < -0.39 is 0 Å². The van der Waals surface area contributed by atoms with Crippen LogP contribution in [-0.4, -0.2) is 39.3 Å². The van der Waals surface area contributed by atoms with Crippen LogP contribution < -0.4 is 5.73 Å². The third kappa shape index (κ3) is 2.84. The van der Waals surface area contributed by atoms with Crippen molar-refractivity contribution in [1.29, 1.82) is 0 Å². The highest BCUT2D eigenvalue weighted by Gasteiger charge is 2.27. The molecule has 2 rings (SSSR count). The Morgan fingerprint density at radius 2 is 2.24 bits per heavy atom. The van der Waals surface area contributed by atoms with Crippen molar-refractivity contribution >= 4 is 0 Å². The van der Waals surface area contributed by atoms with Crippen molar-refractivity contribution in [2.75, 3.05) is 13.6 Å². The lowest BCUT2D eigenvalue weighted by Gasteiger charge is -2.37. The molecule has 1 fully saturated rings. The first-order valence-electron chi connectivity index (χ1n) is 6.45. The fourth-order valence-corrected chi connectivity index (χ4v) is 2.85. The number of hydrogen-bond acceptors (Lipinski definition) is 4. The van der Waals surface area contributed by atoms with E-state index in [1.807, 2.05) is 11.7 Å². The van der Waals surface area contributed by atoms with Crippen molar-refractivity contribution in [2.24, 2.45) is 18.7 Å². The minimum absolute atomic E-state index is 0.602. The van der Waals surface area contributed by atoms with E-state index in [2.05, 4.69) is 22.0 Å². The van der Waals surface area contributed by atoms with E-state index >= 15 is 0 Å². The zero-order valence-corrected chi connectivity index (χ0v) is 10.8. The Morgan fingerprint density at radius 3 is 2.88 bits per heavy atom. The monoisotopic (exact) mass is 237 g/mol. The van der Waals surface area contributed by atoms with Crippen LogP contribution in [0.15, 0.2) is 6.33 Å². The average Bonchev–Trinajstić information content (AvgIpc) is 2.75. The highest BCUT2D eigenvalue weighted by atomic mass is 15.3. The first kappa shape index (κ1) is 12.5. The van der Waals surface area contributed by atoms with Gasteiger partial charge in [-0.05, 0) is 32.4 Å². The average molecular weight is 237 g/mol. The predicted molar refractivity (Wildman–Crippen MR) is 67.3 cm³/mol. The Balaban J connectivity index is 1.98. The predicted octanol–water partition coefficient (Wildman–Crippen LogP) is 0.764. The van der Waals surface area contributed by atoms with Gasteiger partial charge in [-0.15, -0.1) is 0 Å². The third-order valence-corrected chi connectivity index (χ3v) is 3.93. The SMILES string of the molecule is CN(Cc1ncnn1C)C1CCCCC1CN. The molecule has 2 unspecified atom stereocenters. The van der Waals surface area contributed by atoms with E-state index in [0.717, 1.165) is 18.9 Å². The molecule has 1 saturated carbocycles. The minimum atomic E-state index is 0.602. The molecule has 1 aliphatic rings. The van der Waals surface area contributed by atoms with Gasteiger partial charge >= 0.3 is 0 Å². The van der Waals surface area contributed by atoms with Crippen molar-refractivity contribution in [3.05, 3.63) is 12.2 Å². The van der Waals surface area contributed by atoms with Gasteiger partial charge in [0, 0.05) is 13.1 Å². The number of hydrogen-bond donors (Lipinski definition) is 1. The zero-order valence-electron chi connectivity index (χ0n) is 10.8. The van der Waals surface area contributed by atoms with Crippen LogP contribution in [0.4, 0.5) is 0 Å². The molecule has 0 spiro atoms. The van der Waals surface area contributed by atoms with Crippen molar-refractivity contribution in [3.8, 4) is 0 Å². The first-order chi connectivity index (χ1) is 8.22. The van der Waals surface area contributed by atoms with E-state index in [1.165, 1.54) is 25.7 Å². The molecule has 1 aliphatic carbocycles. The second-order valence-corrected chi connectivity index (χ2v) is 5.06. The zero-order chi connectivity index (χ0) is 12.3. The van der Waals surface area contributed by atoms with Gasteiger partial charge in [0.2, 0.25) is 0 Å². The number of aromatic nitrogens is 3. The number of rotatable bonds is 4. The lowest BCUT2D eigenvalue weighted by molar-refractivity contribution is 0.123. The van der Waals surface area contributed by atoms with Crippen LogP contribution in [0, 0.1) is 5.92 Å². The van der Waals surface area contributed by atoms with Crippen LogP contribution in [0.3, 0.4) is 0 Å². The van der Waals surface area contributed by atoms with Crippen LogP contribution in [0.5, 0.6) is 0 Å². The smallest absolute Gasteiger partial charge is 0.140 e. The first-order valence-corrected chi connectivity index (χ1v) is 6.45. The molecule has 96 valence electrons. The Hall–Kier alpha value is -0.940. The Kier molecular flexibility index (Phi) is 4.12. The second-order valence-electron chi connectivity index (χ2n) is 5.06. The fraction of sp³-hybridized carbons (Fsp3) is 0.833. The summed E-state index contributed by atoms with van der Waals surface area (Å²) in [6, 6.07) is 0.602. The van der Waals surface area contributed by atoms with E-state index in [0.29, 0.717) is 12.0 Å². The van der Waals surface area contributed by atoms with Gasteiger partial charge in [0.25, 0.3) is 0 Å². The van der Waals surface area contributed by atoms with Gasteiger partial charge in [-0.1, -0.05) is 12.8 Å². The number of nitrogens with two attached hydrogens (primary N) is 1. The molecule has 0 saturated heterocycles. The summed E-state index contributed by atoms with van der Waals surface area (Å²) in [5, 5.41) is 4.11. The van der Waals surface area contributed by atoms with Crippen LogP contribution in [0.1, 0.15) is 31.5 Å². The van der Waals surface area contributed by atoms with Gasteiger partial charge in [-0.2, -0.15) is 5.10 Å². The molecule has 2 atom stereocenters. The van der Waals surface area contributed by atoms with E-state index in [1.54, 1.807) is 6.33 Å². The van der Waals surface area contributed by atoms with Crippen LogP contribution in [-0.2, 0) is 13.6 Å². The highest BCUT2D eigenvalue weighted by molar-refractivity contribution is 4.88. The van der Waals surface area contributed by atoms with Crippen molar-refractivity contribution in [1.82, 2.24) is 19.7 Å². The van der Waals surface area contributed by atoms with Gasteiger partial charge in [0.15, 0.2) is 0 Å². The molecule has 0 amide bonds. The lowest BCUT2D eigenvalue weighted by Crippen LogP contribution is -2.43. The van der Waals surface area contributed by atoms with E-state index in [9.17, 15) is 0 Å². The van der Waals surface area contributed by atoms with Crippen LogP contribution >= 0.6 is 0 Å². The maximum absolute atomic E-state index is 5.87. The molecule has 5 heteroatoms. The van der Waals surface area contributed by atoms with Gasteiger partial charge in [0.1, 0.15) is 12.2 Å². The summed E-state index contributed by atoms with van der Waals surface area (Å²) in [7, 11) is 4.12. The summed E-state index contributed by atoms with van der Waals surface area (Å²) < 4.78 is 1.84. The molecule has 0 aliphatic heterocycles. The molecule has 2 N–H and O–H groups in total. The maximum atomic E-state index is 5.87. The molecule has 1 aromatic rings. The molecule has 0 bridgehead atoms. The Bertz CT molecular complexity index is 348. The normalized spacial score (nSPS) is 25.4. The number of aryl methyl sites for hydroxylation is 1. The van der Waals surface area contributed by atoms with Gasteiger partial charge in [-0.25, -0.2) is 4.98 Å². The quantitative estimate of drug-likeness (QED) is 0.840. The molecule has 1 aromatic heterocycles. The summed E-state index contributed by atoms with van der Waals surface area (Å²) in [4.78, 5) is 6.67. The second kappa shape index (κ2) is 5.60. The molecule has 5 nitrogen and oxygen atoms in total. The van der Waals surface area contributed by atoms with Crippen molar-refractivity contribution < 1.29 is 0 Å². The molecule has 1 heterocycles. The van der Waals surface area contributed by atoms with Gasteiger partial charge in [-0.3, -0.25) is 9.58 Å². The Morgan fingerprint density at radius 1 is 1.47 bits per heavy atom. The highest BCUT2D eigenvalue weighted by Crippen LogP contribution is 2.27. The Labute approximate surface area is 103 Å². The summed E-state index contributed by atoms with van der Waals surface area (Å²) >= 11 is 0. The summed E-state index contributed by atoms with van der Waals surface area (Å²) in [6.45, 7) is 1.66. The molecule has 0 radical (unpaired) electrons. The van der Waals surface area contributed by atoms with Crippen LogP contribution in [0.2, 0.25) is 0 Å². The third-order valence-electron chi connectivity index (χ3n) is 3.93. The standard InChI is InChI=1S/C12H23N5/c1-16(8-12-14-9-15-17(12)2)11-6-4-3-5-10(11)7-13/h9-11H,3-8,13H2,1-2H3. The summed E-state index contributed by atoms with van der Waals surface area (Å²) in [5.41, 5.74) is 5.87. The summed E-state index contributed by atoms with van der Waals surface area (Å²) in [5.74, 6) is 1.66. The minimum Gasteiger partial charge on any atom is -0.330 e. The molecule has 0 aromatic carbocycles. The molecular weight excluding hydrogens is 214 g/mol. The van der Waals surface area contributed by atoms with Crippen molar-refractivity contribution in [2.45, 2.75) is 38.3 Å². The van der Waals surface area contributed by atoms with Crippen LogP contribution in [0.25, 0.3) is 0 Å². The number of nitrogens with zero attached hydrogens (tertiary/aromatic N) is 4. The van der Waals surface area contributed by atoms with E-state index in [-0.39, 0.29) is 0 Å². The topological polar surface area (TPSA) is 60.0 Å². The lowest BCUT2D eigenvalue weighted by atomic mass is 9.84. The van der Waals surface area contributed by atoms with Gasteiger partial charge in [0.05, 0.1) is 6.54 Å². The molecule has 17 heavy (non-hydrogen) atoms. The van der Waals surface area contributed by atoms with Gasteiger partial charge < -0.3 is 5.73 Å². The fourth-order valence-electron chi connectivity index (χ4n) is 2.85.